The quantitative estimate of drug-likeness (QED) is 0.745. The third-order valence-corrected chi connectivity index (χ3v) is 4.17. The van der Waals surface area contributed by atoms with Crippen LogP contribution in [-0.2, 0) is 9.47 Å². The molecule has 0 aliphatic carbocycles. The van der Waals surface area contributed by atoms with Crippen LogP contribution in [0, 0.1) is 5.92 Å². The monoisotopic (exact) mass is 243 g/mol. The van der Waals surface area contributed by atoms with Gasteiger partial charge in [0.25, 0.3) is 0 Å². The second kappa shape index (κ2) is 7.34. The molecule has 0 bridgehead atoms. The molecule has 0 radical (unpaired) electrons. The van der Waals surface area contributed by atoms with Gasteiger partial charge in [-0.3, -0.25) is 0 Å². The van der Waals surface area contributed by atoms with Crippen molar-refractivity contribution in [1.29, 1.82) is 0 Å². The van der Waals surface area contributed by atoms with Crippen LogP contribution < -0.4 is 5.32 Å². The van der Waals surface area contributed by atoms with Crippen molar-refractivity contribution >= 4 is 0 Å². The minimum atomic E-state index is -0.0162. The summed E-state index contributed by atoms with van der Waals surface area (Å²) in [6.07, 6.45) is 4.45. The second-order valence-corrected chi connectivity index (χ2v) is 5.24. The molecule has 17 heavy (non-hydrogen) atoms. The first-order chi connectivity index (χ1) is 8.18. The molecule has 1 aliphatic rings. The molecule has 1 saturated heterocycles. The van der Waals surface area contributed by atoms with Gasteiger partial charge in [0.15, 0.2) is 0 Å². The molecule has 0 aromatic carbocycles. The summed E-state index contributed by atoms with van der Waals surface area (Å²) in [5.74, 6) is 0.744. The Hall–Kier alpha value is -0.120. The van der Waals surface area contributed by atoms with Gasteiger partial charge in [-0.2, -0.15) is 0 Å². The molecule has 0 spiro atoms. The standard InChI is InChI=1S/C14H29NO2/c1-5-12(3)11-13(15-6-2)14(16-4)7-9-17-10-8-14/h12-13,15H,5-11H2,1-4H3. The van der Waals surface area contributed by atoms with Gasteiger partial charge in [0.1, 0.15) is 0 Å². The molecule has 2 unspecified atom stereocenters. The zero-order chi connectivity index (χ0) is 12.7. The van der Waals surface area contributed by atoms with E-state index in [-0.39, 0.29) is 5.60 Å². The van der Waals surface area contributed by atoms with Gasteiger partial charge in [-0.25, -0.2) is 0 Å². The maximum Gasteiger partial charge on any atom is 0.0874 e. The van der Waals surface area contributed by atoms with E-state index < -0.39 is 0 Å². The molecule has 3 nitrogen and oxygen atoms in total. The van der Waals surface area contributed by atoms with Crippen molar-refractivity contribution in [2.75, 3.05) is 26.9 Å². The molecule has 0 amide bonds. The third-order valence-electron chi connectivity index (χ3n) is 4.17. The van der Waals surface area contributed by atoms with Gasteiger partial charge in [-0.15, -0.1) is 0 Å². The fraction of sp³-hybridized carbons (Fsp3) is 1.00. The van der Waals surface area contributed by atoms with E-state index in [1.54, 1.807) is 0 Å². The molecule has 1 rings (SSSR count). The predicted molar refractivity (Wildman–Crippen MR) is 71.3 cm³/mol. The van der Waals surface area contributed by atoms with Crippen LogP contribution in [0.1, 0.15) is 46.5 Å². The number of hydrogen-bond donors (Lipinski definition) is 1. The Kier molecular flexibility index (Phi) is 6.45. The SMILES string of the molecule is CCNC(CC(C)CC)C1(OC)CCOCC1. The van der Waals surface area contributed by atoms with E-state index in [2.05, 4.69) is 26.1 Å². The van der Waals surface area contributed by atoms with Gasteiger partial charge in [0, 0.05) is 39.2 Å². The van der Waals surface area contributed by atoms with Crippen LogP contribution in [0.2, 0.25) is 0 Å². The maximum absolute atomic E-state index is 5.90. The molecule has 1 heterocycles. The number of methoxy groups -OCH3 is 1. The first-order valence-electron chi connectivity index (χ1n) is 7.04. The van der Waals surface area contributed by atoms with Crippen LogP contribution >= 0.6 is 0 Å². The van der Waals surface area contributed by atoms with Gasteiger partial charge >= 0.3 is 0 Å². The Morgan fingerprint density at radius 2 is 1.94 bits per heavy atom. The minimum absolute atomic E-state index is 0.0162. The molecule has 0 aromatic heterocycles. The fourth-order valence-electron chi connectivity index (χ4n) is 2.71. The molecule has 1 fully saturated rings. The average molecular weight is 243 g/mol. The fourth-order valence-corrected chi connectivity index (χ4v) is 2.71. The number of hydrogen-bond acceptors (Lipinski definition) is 3. The molecule has 2 atom stereocenters. The normalized spacial score (nSPS) is 23.3. The summed E-state index contributed by atoms with van der Waals surface area (Å²) in [4.78, 5) is 0. The van der Waals surface area contributed by atoms with E-state index in [0.29, 0.717) is 6.04 Å². The molecular formula is C14H29NO2. The molecule has 0 aromatic rings. The number of likely N-dealkylation sites (N-methyl/N-ethyl adjacent to an activating group) is 1. The van der Waals surface area contributed by atoms with Crippen LogP contribution in [0.3, 0.4) is 0 Å². The summed E-state index contributed by atoms with van der Waals surface area (Å²) in [6, 6.07) is 0.455. The summed E-state index contributed by atoms with van der Waals surface area (Å²) in [7, 11) is 1.85. The lowest BCUT2D eigenvalue weighted by Crippen LogP contribution is -2.55. The zero-order valence-electron chi connectivity index (χ0n) is 11.9. The Labute approximate surface area is 106 Å². The number of nitrogens with one attached hydrogen (secondary N) is 1. The Morgan fingerprint density at radius 3 is 2.41 bits per heavy atom. The molecule has 1 N–H and O–H groups in total. The summed E-state index contributed by atoms with van der Waals surface area (Å²) in [6.45, 7) is 9.43. The topological polar surface area (TPSA) is 30.5 Å². The highest BCUT2D eigenvalue weighted by Crippen LogP contribution is 2.31. The number of ether oxygens (including phenoxy) is 2. The third kappa shape index (κ3) is 3.94. The highest BCUT2D eigenvalue weighted by atomic mass is 16.5. The van der Waals surface area contributed by atoms with E-state index in [9.17, 15) is 0 Å². The van der Waals surface area contributed by atoms with E-state index in [4.69, 9.17) is 9.47 Å². The smallest absolute Gasteiger partial charge is 0.0874 e. The highest BCUT2D eigenvalue weighted by molar-refractivity contribution is 4.95. The maximum atomic E-state index is 5.90. The van der Waals surface area contributed by atoms with Crippen molar-refractivity contribution in [3.05, 3.63) is 0 Å². The average Bonchev–Trinajstić information content (AvgIpc) is 2.38. The van der Waals surface area contributed by atoms with Crippen molar-refractivity contribution < 1.29 is 9.47 Å². The van der Waals surface area contributed by atoms with Crippen molar-refractivity contribution in [1.82, 2.24) is 5.32 Å². The Bertz CT molecular complexity index is 202. The largest absolute Gasteiger partial charge is 0.381 e. The van der Waals surface area contributed by atoms with Crippen LogP contribution in [0.4, 0.5) is 0 Å². The molecule has 3 heteroatoms. The van der Waals surface area contributed by atoms with Crippen molar-refractivity contribution in [3.63, 3.8) is 0 Å². The molecule has 102 valence electrons. The van der Waals surface area contributed by atoms with E-state index >= 15 is 0 Å². The highest BCUT2D eigenvalue weighted by Gasteiger charge is 2.40. The van der Waals surface area contributed by atoms with Crippen molar-refractivity contribution in [3.8, 4) is 0 Å². The van der Waals surface area contributed by atoms with E-state index in [1.165, 1.54) is 12.8 Å². The van der Waals surface area contributed by atoms with Crippen LogP contribution in [-0.4, -0.2) is 38.5 Å². The van der Waals surface area contributed by atoms with Gasteiger partial charge in [0.2, 0.25) is 0 Å². The van der Waals surface area contributed by atoms with Crippen LogP contribution in [0.15, 0.2) is 0 Å². The second-order valence-electron chi connectivity index (χ2n) is 5.24. The first kappa shape index (κ1) is 14.9. The summed E-state index contributed by atoms with van der Waals surface area (Å²) < 4.78 is 11.4. The van der Waals surface area contributed by atoms with E-state index in [0.717, 1.165) is 38.5 Å². The van der Waals surface area contributed by atoms with Gasteiger partial charge in [-0.1, -0.05) is 27.2 Å². The zero-order valence-corrected chi connectivity index (χ0v) is 11.9. The van der Waals surface area contributed by atoms with Crippen LogP contribution in [0.5, 0.6) is 0 Å². The van der Waals surface area contributed by atoms with Crippen LogP contribution in [0.25, 0.3) is 0 Å². The number of rotatable bonds is 7. The Morgan fingerprint density at radius 1 is 1.29 bits per heavy atom. The summed E-state index contributed by atoms with van der Waals surface area (Å²) in [5, 5.41) is 3.63. The summed E-state index contributed by atoms with van der Waals surface area (Å²) >= 11 is 0. The predicted octanol–water partition coefficient (Wildman–Crippen LogP) is 2.60. The Balaban J connectivity index is 2.70. The van der Waals surface area contributed by atoms with Gasteiger partial charge < -0.3 is 14.8 Å². The van der Waals surface area contributed by atoms with E-state index in [1.807, 2.05) is 7.11 Å². The molecule has 0 saturated carbocycles. The lowest BCUT2D eigenvalue weighted by molar-refractivity contribution is -0.113. The van der Waals surface area contributed by atoms with Crippen molar-refractivity contribution in [2.24, 2.45) is 5.92 Å². The lowest BCUT2D eigenvalue weighted by atomic mass is 9.81. The van der Waals surface area contributed by atoms with Gasteiger partial charge in [-0.05, 0) is 18.9 Å². The molecule has 1 aliphatic heterocycles. The minimum Gasteiger partial charge on any atom is -0.381 e. The lowest BCUT2D eigenvalue weighted by Gasteiger charge is -2.43. The summed E-state index contributed by atoms with van der Waals surface area (Å²) in [5.41, 5.74) is -0.0162. The van der Waals surface area contributed by atoms with Crippen molar-refractivity contribution in [2.45, 2.75) is 58.1 Å². The van der Waals surface area contributed by atoms with Gasteiger partial charge in [0.05, 0.1) is 5.60 Å². The molecular weight excluding hydrogens is 214 g/mol. The first-order valence-corrected chi connectivity index (χ1v) is 7.04.